The van der Waals surface area contributed by atoms with E-state index < -0.39 is 41.8 Å². The molecule has 126 valence electrons. The first-order valence-corrected chi connectivity index (χ1v) is 6.63. The van der Waals surface area contributed by atoms with E-state index in [2.05, 4.69) is 0 Å². The summed E-state index contributed by atoms with van der Waals surface area (Å²) in [5, 5.41) is 27.3. The fourth-order valence-electron chi connectivity index (χ4n) is 2.38. The van der Waals surface area contributed by atoms with Crippen LogP contribution in [0, 0.1) is 11.3 Å². The molecule has 2 amide bonds. The van der Waals surface area contributed by atoms with Crippen molar-refractivity contribution in [3.8, 4) is 6.07 Å². The predicted molar refractivity (Wildman–Crippen MR) is 74.4 cm³/mol. The number of imide groups is 1. The molecule has 0 bridgehead atoms. The third-order valence-electron chi connectivity index (χ3n) is 3.55. The summed E-state index contributed by atoms with van der Waals surface area (Å²) in [6, 6.07) is 3.81. The molecule has 9 heteroatoms. The van der Waals surface area contributed by atoms with Gasteiger partial charge in [-0.25, -0.2) is 4.90 Å². The Kier molecular flexibility index (Phi) is 4.46. The van der Waals surface area contributed by atoms with Crippen LogP contribution >= 0.6 is 0 Å². The van der Waals surface area contributed by atoms with Gasteiger partial charge < -0.3 is 10.2 Å². The zero-order valence-electron chi connectivity index (χ0n) is 12.3. The Morgan fingerprint density at radius 3 is 2.42 bits per heavy atom. The predicted octanol–water partition coefficient (Wildman–Crippen LogP) is 1.12. The number of aliphatic hydroxyl groups excluding tert-OH is 2. The molecule has 0 aromatic heterocycles. The minimum absolute atomic E-state index is 0.167. The van der Waals surface area contributed by atoms with Crippen LogP contribution in [0.1, 0.15) is 18.1 Å². The van der Waals surface area contributed by atoms with E-state index in [9.17, 15) is 27.9 Å². The van der Waals surface area contributed by atoms with Crippen molar-refractivity contribution in [1.29, 1.82) is 5.26 Å². The summed E-state index contributed by atoms with van der Waals surface area (Å²) >= 11 is 0. The van der Waals surface area contributed by atoms with Gasteiger partial charge in [-0.1, -0.05) is 0 Å². The molecule has 6 nitrogen and oxygen atoms in total. The first-order chi connectivity index (χ1) is 11.1. The fourth-order valence-corrected chi connectivity index (χ4v) is 2.38. The molecular weight excluding hydrogens is 329 g/mol. The van der Waals surface area contributed by atoms with Gasteiger partial charge in [-0.15, -0.1) is 0 Å². The minimum Gasteiger partial charge on any atom is -0.393 e. The smallest absolute Gasteiger partial charge is 0.393 e. The average Bonchev–Trinajstić information content (AvgIpc) is 2.75. The average molecular weight is 340 g/mol. The molecule has 0 saturated heterocycles. The molecule has 2 rings (SSSR count). The Balaban J connectivity index is 2.54. The van der Waals surface area contributed by atoms with Gasteiger partial charge in [0.05, 0.1) is 35.1 Å². The zero-order chi connectivity index (χ0) is 18.2. The molecule has 1 aromatic carbocycles. The molecule has 0 fully saturated rings. The van der Waals surface area contributed by atoms with E-state index in [0.29, 0.717) is 11.0 Å². The highest BCUT2D eigenvalue weighted by Gasteiger charge is 2.41. The molecule has 1 aliphatic heterocycles. The van der Waals surface area contributed by atoms with Crippen LogP contribution in [0.4, 0.5) is 18.9 Å². The van der Waals surface area contributed by atoms with Gasteiger partial charge in [0.1, 0.15) is 6.10 Å². The number of nitriles is 1. The molecule has 24 heavy (non-hydrogen) atoms. The lowest BCUT2D eigenvalue weighted by molar-refractivity contribution is -0.138. The first kappa shape index (κ1) is 17.7. The van der Waals surface area contributed by atoms with Gasteiger partial charge in [-0.2, -0.15) is 18.4 Å². The van der Waals surface area contributed by atoms with Crippen molar-refractivity contribution in [3.05, 3.63) is 40.5 Å². The van der Waals surface area contributed by atoms with Gasteiger partial charge in [0, 0.05) is 5.57 Å². The van der Waals surface area contributed by atoms with E-state index in [1.54, 1.807) is 0 Å². The summed E-state index contributed by atoms with van der Waals surface area (Å²) in [6.45, 7) is 0.406. The molecule has 1 unspecified atom stereocenters. The lowest BCUT2D eigenvalue weighted by Crippen LogP contribution is -2.34. The van der Waals surface area contributed by atoms with Crippen LogP contribution in [0.2, 0.25) is 0 Å². The molecule has 1 aliphatic rings. The number of nitrogens with zero attached hydrogens (tertiary/aromatic N) is 2. The van der Waals surface area contributed by atoms with E-state index in [1.807, 2.05) is 0 Å². The summed E-state index contributed by atoms with van der Waals surface area (Å²) in [4.78, 5) is 24.9. The molecule has 0 aliphatic carbocycles. The minimum atomic E-state index is -4.84. The number of hydrogen-bond donors (Lipinski definition) is 2. The van der Waals surface area contributed by atoms with Gasteiger partial charge in [0.2, 0.25) is 0 Å². The summed E-state index contributed by atoms with van der Waals surface area (Å²) in [5.41, 5.74) is -2.85. The third kappa shape index (κ3) is 2.77. The van der Waals surface area contributed by atoms with Gasteiger partial charge in [-0.3, -0.25) is 9.59 Å². The van der Waals surface area contributed by atoms with E-state index in [0.717, 1.165) is 12.1 Å². The maximum atomic E-state index is 13.0. The number of amides is 2. The molecule has 1 aromatic rings. The highest BCUT2D eigenvalue weighted by molar-refractivity contribution is 6.33. The third-order valence-corrected chi connectivity index (χ3v) is 3.55. The van der Waals surface area contributed by atoms with E-state index in [-0.39, 0.29) is 16.8 Å². The Labute approximate surface area is 134 Å². The summed E-state index contributed by atoms with van der Waals surface area (Å²) in [6.07, 6.45) is -6.46. The number of hydrogen-bond acceptors (Lipinski definition) is 5. The second-order valence-electron chi connectivity index (χ2n) is 5.02. The zero-order valence-corrected chi connectivity index (χ0v) is 12.3. The number of anilines is 1. The van der Waals surface area contributed by atoms with Crippen LogP contribution in [0.3, 0.4) is 0 Å². The van der Waals surface area contributed by atoms with Crippen LogP contribution in [-0.2, 0) is 15.8 Å². The number of carbonyl (C=O) groups excluding carboxylic acids is 2. The first-order valence-electron chi connectivity index (χ1n) is 6.63. The Morgan fingerprint density at radius 2 is 1.92 bits per heavy atom. The molecule has 1 heterocycles. The van der Waals surface area contributed by atoms with Crippen molar-refractivity contribution in [2.45, 2.75) is 19.2 Å². The quantitative estimate of drug-likeness (QED) is 0.803. The second kappa shape index (κ2) is 6.07. The molecule has 0 spiro atoms. The van der Waals surface area contributed by atoms with Crippen LogP contribution in [0.5, 0.6) is 0 Å². The number of aliphatic hydroxyl groups is 2. The number of halogens is 3. The van der Waals surface area contributed by atoms with Gasteiger partial charge in [0.15, 0.2) is 0 Å². The maximum absolute atomic E-state index is 13.0. The number of alkyl halides is 3. The molecule has 0 radical (unpaired) electrons. The van der Waals surface area contributed by atoms with E-state index in [1.165, 1.54) is 13.0 Å². The fraction of sp³-hybridized carbons (Fsp3) is 0.267. The van der Waals surface area contributed by atoms with Crippen molar-refractivity contribution in [2.24, 2.45) is 0 Å². The van der Waals surface area contributed by atoms with Crippen LogP contribution in [-0.4, -0.2) is 34.7 Å². The monoisotopic (exact) mass is 340 g/mol. The number of rotatable bonds is 3. The Bertz CT molecular complexity index is 793. The Hall–Kier alpha value is -2.70. The van der Waals surface area contributed by atoms with E-state index >= 15 is 0 Å². The van der Waals surface area contributed by atoms with Crippen molar-refractivity contribution in [3.63, 3.8) is 0 Å². The van der Waals surface area contributed by atoms with Crippen molar-refractivity contribution in [2.75, 3.05) is 11.5 Å². The van der Waals surface area contributed by atoms with Crippen LogP contribution < -0.4 is 4.90 Å². The van der Waals surface area contributed by atoms with Crippen LogP contribution in [0.25, 0.3) is 0 Å². The van der Waals surface area contributed by atoms with Gasteiger partial charge in [-0.05, 0) is 25.1 Å². The number of benzene rings is 1. The second-order valence-corrected chi connectivity index (χ2v) is 5.02. The topological polar surface area (TPSA) is 102 Å². The molecule has 2 N–H and O–H groups in total. The lowest BCUT2D eigenvalue weighted by atomic mass is 10.1. The molecule has 0 saturated carbocycles. The summed E-state index contributed by atoms with van der Waals surface area (Å²) < 4.78 is 39.0. The summed E-state index contributed by atoms with van der Waals surface area (Å²) in [7, 11) is 0. The van der Waals surface area contributed by atoms with Gasteiger partial charge in [0.25, 0.3) is 11.8 Å². The van der Waals surface area contributed by atoms with Crippen molar-refractivity contribution < 1.29 is 33.0 Å². The van der Waals surface area contributed by atoms with Crippen molar-refractivity contribution >= 4 is 17.5 Å². The summed E-state index contributed by atoms with van der Waals surface area (Å²) in [5.74, 6) is -1.92. The van der Waals surface area contributed by atoms with E-state index in [4.69, 9.17) is 10.4 Å². The SMILES string of the molecule is CC1=C(C(O)CO)C(=O)N(c2ccc(C#N)c(C(F)(F)F)c2)C1=O. The largest absolute Gasteiger partial charge is 0.417 e. The van der Waals surface area contributed by atoms with Crippen LogP contribution in [0.15, 0.2) is 29.3 Å². The Morgan fingerprint density at radius 1 is 1.29 bits per heavy atom. The normalized spacial score (nSPS) is 16.6. The highest BCUT2D eigenvalue weighted by Crippen LogP contribution is 2.36. The lowest BCUT2D eigenvalue weighted by Gasteiger charge is -2.18. The standard InChI is InChI=1S/C15H11F3N2O4/c1-7-12(11(22)6-21)14(24)20(13(7)23)9-3-2-8(5-19)10(4-9)15(16,17)18/h2-4,11,21-22H,6H2,1H3. The van der Waals surface area contributed by atoms with Crippen molar-refractivity contribution in [1.82, 2.24) is 0 Å². The van der Waals surface area contributed by atoms with Gasteiger partial charge >= 0.3 is 6.18 Å². The molecular formula is C15H11F3N2O4. The molecule has 1 atom stereocenters. The maximum Gasteiger partial charge on any atom is 0.417 e. The highest BCUT2D eigenvalue weighted by atomic mass is 19.4. The number of carbonyl (C=O) groups is 2.